The zero-order valence-corrected chi connectivity index (χ0v) is 17.1. The number of hydrogen-bond donors (Lipinski definition) is 5. The average molecular weight is 433 g/mol. The Kier molecular flexibility index (Phi) is 6.94. The summed E-state index contributed by atoms with van der Waals surface area (Å²) in [6, 6.07) is 8.69. The summed E-state index contributed by atoms with van der Waals surface area (Å²) < 4.78 is 1.99. The van der Waals surface area contributed by atoms with Crippen LogP contribution in [0, 0.1) is 5.92 Å². The van der Waals surface area contributed by atoms with Gasteiger partial charge in [0.2, 0.25) is 0 Å². The van der Waals surface area contributed by atoms with Gasteiger partial charge in [-0.2, -0.15) is 0 Å². The van der Waals surface area contributed by atoms with Crippen molar-refractivity contribution >= 4 is 23.4 Å². The number of pyridine rings is 1. The number of carbonyl (C=O) groups excluding carboxylic acids is 1. The number of rotatable bonds is 5. The van der Waals surface area contributed by atoms with E-state index in [2.05, 4.69) is 17.1 Å². The predicted octanol–water partition coefficient (Wildman–Crippen LogP) is 0.0292. The largest absolute Gasteiger partial charge is 0.479 e. The molecule has 0 spiro atoms. The van der Waals surface area contributed by atoms with E-state index in [-0.39, 0.29) is 5.91 Å². The van der Waals surface area contributed by atoms with E-state index >= 15 is 0 Å². The highest BCUT2D eigenvalue weighted by Crippen LogP contribution is 2.32. The van der Waals surface area contributed by atoms with Crippen molar-refractivity contribution in [3.8, 4) is 0 Å². The van der Waals surface area contributed by atoms with E-state index < -0.39 is 24.1 Å². The van der Waals surface area contributed by atoms with Crippen molar-refractivity contribution in [3.63, 3.8) is 0 Å². The Morgan fingerprint density at radius 3 is 2.19 bits per heavy atom. The molecule has 5 N–H and O–H groups in total. The van der Waals surface area contributed by atoms with Crippen molar-refractivity contribution in [2.45, 2.75) is 44.1 Å². The summed E-state index contributed by atoms with van der Waals surface area (Å²) >= 11 is 0. The molecule has 5 heterocycles. The minimum atomic E-state index is -2.27. The van der Waals surface area contributed by atoms with Crippen LogP contribution in [0.1, 0.15) is 30.1 Å². The van der Waals surface area contributed by atoms with Gasteiger partial charge in [-0.1, -0.05) is 0 Å². The van der Waals surface area contributed by atoms with E-state index in [1.54, 1.807) is 0 Å². The molecule has 31 heavy (non-hydrogen) atoms. The Balaban J connectivity index is 0.000000233. The molecule has 0 aliphatic carbocycles. The van der Waals surface area contributed by atoms with E-state index in [4.69, 9.17) is 20.4 Å². The standard InChI is InChI=1S/C17H21N3O.C4H6O6/c1-12-16(13-6-9-19(12)10-7-13)18-17(21)14-4-5-15-3-2-8-20(15)11-14;5-1(3(7)8)2(6)4(9)10/h2-5,8,11-13,16H,6-7,9-10H2,1H3,(H,18,21);1-2,5-6H,(H,7,8)(H,9,10)/t12-,16-;/m0./s1. The van der Waals surface area contributed by atoms with Crippen molar-refractivity contribution in [3.05, 3.63) is 42.2 Å². The number of carboxylic acid groups (broad SMARTS) is 2. The molecule has 2 bridgehead atoms. The first-order valence-electron chi connectivity index (χ1n) is 10.1. The number of aliphatic carboxylic acids is 2. The van der Waals surface area contributed by atoms with E-state index in [1.165, 1.54) is 25.9 Å². The van der Waals surface area contributed by atoms with Crippen LogP contribution in [-0.2, 0) is 9.59 Å². The molecule has 0 radical (unpaired) electrons. The highest BCUT2D eigenvalue weighted by molar-refractivity contribution is 5.94. The van der Waals surface area contributed by atoms with Crippen molar-refractivity contribution < 1.29 is 34.8 Å². The molecule has 2 aromatic rings. The van der Waals surface area contributed by atoms with Crippen LogP contribution in [0.2, 0.25) is 0 Å². The molecule has 0 saturated carbocycles. The number of piperidine rings is 3. The van der Waals surface area contributed by atoms with Gasteiger partial charge in [0, 0.05) is 30.0 Å². The van der Waals surface area contributed by atoms with Gasteiger partial charge in [0.05, 0.1) is 5.56 Å². The van der Waals surface area contributed by atoms with Gasteiger partial charge in [-0.05, 0) is 63.0 Å². The highest BCUT2D eigenvalue weighted by atomic mass is 16.4. The lowest BCUT2D eigenvalue weighted by Gasteiger charge is -2.49. The van der Waals surface area contributed by atoms with Crippen LogP contribution in [0.3, 0.4) is 0 Å². The number of nitrogens with one attached hydrogen (secondary N) is 1. The summed E-state index contributed by atoms with van der Waals surface area (Å²) in [5, 5.41) is 35.8. The van der Waals surface area contributed by atoms with Crippen LogP contribution in [0.25, 0.3) is 5.52 Å². The second kappa shape index (κ2) is 9.46. The Morgan fingerprint density at radius 2 is 1.65 bits per heavy atom. The lowest BCUT2D eigenvalue weighted by Crippen LogP contribution is -2.62. The van der Waals surface area contributed by atoms with Crippen LogP contribution in [0.5, 0.6) is 0 Å². The highest BCUT2D eigenvalue weighted by Gasteiger charge is 2.40. The number of carboxylic acids is 2. The molecule has 3 saturated heterocycles. The molecule has 0 aromatic carbocycles. The zero-order valence-electron chi connectivity index (χ0n) is 17.1. The van der Waals surface area contributed by atoms with Crippen LogP contribution < -0.4 is 5.32 Å². The third-order valence-corrected chi connectivity index (χ3v) is 6.07. The minimum absolute atomic E-state index is 0.0520. The fourth-order valence-corrected chi connectivity index (χ4v) is 4.22. The maximum atomic E-state index is 12.6. The summed E-state index contributed by atoms with van der Waals surface area (Å²) in [4.78, 5) is 34.6. The molecular weight excluding hydrogens is 406 g/mol. The summed E-state index contributed by atoms with van der Waals surface area (Å²) in [5.74, 6) is -2.84. The summed E-state index contributed by atoms with van der Waals surface area (Å²) in [7, 11) is 0. The maximum Gasteiger partial charge on any atom is 0.335 e. The molecule has 10 heteroatoms. The first kappa shape index (κ1) is 22.7. The zero-order chi connectivity index (χ0) is 22.7. The van der Waals surface area contributed by atoms with E-state index in [0.29, 0.717) is 18.0 Å². The number of aliphatic hydroxyl groups excluding tert-OH is 2. The van der Waals surface area contributed by atoms with Crippen LogP contribution in [0.4, 0.5) is 0 Å². The van der Waals surface area contributed by atoms with Gasteiger partial charge >= 0.3 is 11.9 Å². The lowest BCUT2D eigenvalue weighted by molar-refractivity contribution is -0.165. The number of amides is 1. The van der Waals surface area contributed by atoms with Gasteiger partial charge in [0.25, 0.3) is 5.91 Å². The number of fused-ring (bicyclic) bond motifs is 4. The van der Waals surface area contributed by atoms with Crippen molar-refractivity contribution in [1.29, 1.82) is 0 Å². The number of carbonyl (C=O) groups is 3. The Morgan fingerprint density at radius 1 is 1.03 bits per heavy atom. The first-order chi connectivity index (χ1) is 14.7. The third-order valence-electron chi connectivity index (χ3n) is 6.07. The predicted molar refractivity (Wildman–Crippen MR) is 110 cm³/mol. The fraction of sp³-hybridized carbons (Fsp3) is 0.476. The summed E-state index contributed by atoms with van der Waals surface area (Å²) in [5.41, 5.74) is 1.85. The van der Waals surface area contributed by atoms with E-state index in [9.17, 15) is 14.4 Å². The number of nitrogens with zero attached hydrogens (tertiary/aromatic N) is 2. The molecule has 5 rings (SSSR count). The topological polar surface area (TPSA) is 152 Å². The quantitative estimate of drug-likeness (QED) is 0.443. The lowest BCUT2D eigenvalue weighted by atomic mass is 9.79. The smallest absolute Gasteiger partial charge is 0.335 e. The number of aromatic nitrogens is 1. The third kappa shape index (κ3) is 5.04. The molecule has 168 valence electrons. The molecule has 3 aliphatic rings. The normalized spacial score (nSPS) is 26.4. The van der Waals surface area contributed by atoms with Gasteiger partial charge in [0.1, 0.15) is 0 Å². The van der Waals surface area contributed by atoms with Crippen LogP contribution >= 0.6 is 0 Å². The SMILES string of the molecule is C[C@H]1[C@H](NC(=O)c2ccc3cccn3c2)C2CCN1CC2.O=C(O)C(O)C(O)C(=O)O. The molecule has 4 atom stereocenters. The average Bonchev–Trinajstić information content (AvgIpc) is 3.23. The minimum Gasteiger partial charge on any atom is -0.479 e. The van der Waals surface area contributed by atoms with Gasteiger partial charge in [-0.25, -0.2) is 9.59 Å². The Bertz CT molecular complexity index is 931. The molecule has 3 aliphatic heterocycles. The van der Waals surface area contributed by atoms with Gasteiger partial charge < -0.3 is 30.1 Å². The van der Waals surface area contributed by atoms with Gasteiger partial charge in [0.15, 0.2) is 12.2 Å². The monoisotopic (exact) mass is 433 g/mol. The van der Waals surface area contributed by atoms with E-state index in [1.807, 2.05) is 41.1 Å². The summed E-state index contributed by atoms with van der Waals surface area (Å²) in [6.07, 6.45) is 1.78. The maximum absolute atomic E-state index is 12.6. The molecular formula is C21H27N3O7. The molecule has 10 nitrogen and oxygen atoms in total. The molecule has 3 fully saturated rings. The van der Waals surface area contributed by atoms with Crippen molar-refractivity contribution in [1.82, 2.24) is 14.6 Å². The number of hydrogen-bond acceptors (Lipinski definition) is 6. The van der Waals surface area contributed by atoms with Crippen molar-refractivity contribution in [2.75, 3.05) is 13.1 Å². The van der Waals surface area contributed by atoms with Gasteiger partial charge in [-0.15, -0.1) is 0 Å². The molecule has 1 amide bonds. The molecule has 2 aromatic heterocycles. The Hall–Kier alpha value is -2.95. The second-order valence-electron chi connectivity index (χ2n) is 7.94. The second-order valence-corrected chi connectivity index (χ2v) is 7.94. The molecule has 2 unspecified atom stereocenters. The van der Waals surface area contributed by atoms with E-state index in [0.717, 1.165) is 11.1 Å². The van der Waals surface area contributed by atoms with Gasteiger partial charge in [-0.3, -0.25) is 9.69 Å². The number of aliphatic hydroxyl groups is 2. The first-order valence-corrected chi connectivity index (χ1v) is 10.1. The fourth-order valence-electron chi connectivity index (χ4n) is 4.22. The van der Waals surface area contributed by atoms with Crippen LogP contribution in [0.15, 0.2) is 36.7 Å². The van der Waals surface area contributed by atoms with Crippen molar-refractivity contribution in [2.24, 2.45) is 5.92 Å². The summed E-state index contributed by atoms with van der Waals surface area (Å²) in [6.45, 7) is 4.62. The Labute approximate surface area is 178 Å². The van der Waals surface area contributed by atoms with Crippen LogP contribution in [-0.4, -0.2) is 85.0 Å².